The van der Waals surface area contributed by atoms with Crippen LogP contribution in [0.25, 0.3) is 0 Å². The summed E-state index contributed by atoms with van der Waals surface area (Å²) in [6.07, 6.45) is 6.09. The highest BCUT2D eigenvalue weighted by atomic mass is 32.2. The van der Waals surface area contributed by atoms with Gasteiger partial charge in [0.2, 0.25) is 11.8 Å². The maximum Gasteiger partial charge on any atom is 0.331 e. The van der Waals surface area contributed by atoms with Crippen molar-refractivity contribution in [3.05, 3.63) is 0 Å². The van der Waals surface area contributed by atoms with Gasteiger partial charge in [0.1, 0.15) is 5.41 Å². The molecule has 0 aromatic carbocycles. The lowest BCUT2D eigenvalue weighted by Crippen LogP contribution is -2.62. The van der Waals surface area contributed by atoms with Gasteiger partial charge < -0.3 is 0 Å². The van der Waals surface area contributed by atoms with E-state index in [0.717, 1.165) is 19.3 Å². The Balaban J connectivity index is 1.89. The van der Waals surface area contributed by atoms with Gasteiger partial charge in [-0.1, -0.05) is 6.42 Å². The molecule has 4 amide bonds. The fraction of sp³-hybridized carbons (Fsp3) is 0.750. The highest BCUT2D eigenvalue weighted by Crippen LogP contribution is 2.50. The fourth-order valence-corrected chi connectivity index (χ4v) is 4.02. The molecule has 2 atom stereocenters. The van der Waals surface area contributed by atoms with Gasteiger partial charge in [-0.05, 0) is 31.9 Å². The van der Waals surface area contributed by atoms with Crippen LogP contribution in [0, 0.1) is 5.41 Å². The molecule has 0 aromatic rings. The first-order chi connectivity index (χ1) is 8.60. The van der Waals surface area contributed by atoms with Crippen molar-refractivity contribution < 1.29 is 14.4 Å². The molecular formula is C12H16N2O3S. The summed E-state index contributed by atoms with van der Waals surface area (Å²) in [6.45, 7) is 0. The average Bonchev–Trinajstić information content (AvgIpc) is 3.02. The fourth-order valence-electron chi connectivity index (χ4n) is 3.04. The van der Waals surface area contributed by atoms with Crippen molar-refractivity contribution in [2.24, 2.45) is 5.41 Å². The first-order valence-electron chi connectivity index (χ1n) is 6.32. The molecule has 0 bridgehead atoms. The Morgan fingerprint density at radius 1 is 1.28 bits per heavy atom. The standard InChI is InChI=1S/C12H16N2O3S/c1-18-8-4-2-3-7(8)14-10(16)12(5-6-12)9(15)13-11(14)17/h7-8H,2-6H2,1H3,(H,13,15,17). The molecule has 3 rings (SSSR count). The molecule has 1 N–H and O–H groups in total. The second kappa shape index (κ2) is 3.98. The van der Waals surface area contributed by atoms with Crippen molar-refractivity contribution in [1.82, 2.24) is 10.2 Å². The molecule has 1 spiro atoms. The Kier molecular flexibility index (Phi) is 2.66. The summed E-state index contributed by atoms with van der Waals surface area (Å²) in [7, 11) is 0. The van der Waals surface area contributed by atoms with Crippen LogP contribution in [0.4, 0.5) is 4.79 Å². The molecule has 2 saturated carbocycles. The SMILES string of the molecule is CSC1CCCC1N1C(=O)NC(=O)C2(CC2)C1=O. The van der Waals surface area contributed by atoms with Crippen molar-refractivity contribution >= 4 is 29.6 Å². The highest BCUT2D eigenvalue weighted by molar-refractivity contribution is 7.99. The number of rotatable bonds is 2. The van der Waals surface area contributed by atoms with E-state index in [0.29, 0.717) is 18.1 Å². The highest BCUT2D eigenvalue weighted by Gasteiger charge is 2.63. The predicted octanol–water partition coefficient (Wildman–Crippen LogP) is 1.13. The number of hydrogen-bond donors (Lipinski definition) is 1. The lowest BCUT2D eigenvalue weighted by molar-refractivity contribution is -0.146. The predicted molar refractivity (Wildman–Crippen MR) is 67.0 cm³/mol. The molecule has 18 heavy (non-hydrogen) atoms. The minimum atomic E-state index is -0.903. The minimum absolute atomic E-state index is 0.0434. The van der Waals surface area contributed by atoms with Crippen molar-refractivity contribution in [2.45, 2.75) is 43.4 Å². The third kappa shape index (κ3) is 1.51. The van der Waals surface area contributed by atoms with E-state index < -0.39 is 17.4 Å². The van der Waals surface area contributed by atoms with Crippen LogP contribution in [0.2, 0.25) is 0 Å². The van der Waals surface area contributed by atoms with Crippen LogP contribution in [0.15, 0.2) is 0 Å². The van der Waals surface area contributed by atoms with Crippen LogP contribution in [-0.2, 0) is 9.59 Å². The van der Waals surface area contributed by atoms with Crippen LogP contribution >= 0.6 is 11.8 Å². The number of imide groups is 2. The van der Waals surface area contributed by atoms with Crippen LogP contribution in [0.3, 0.4) is 0 Å². The maximum absolute atomic E-state index is 12.4. The van der Waals surface area contributed by atoms with Gasteiger partial charge in [-0.3, -0.25) is 19.8 Å². The quantitative estimate of drug-likeness (QED) is 0.762. The van der Waals surface area contributed by atoms with E-state index in [1.165, 1.54) is 4.90 Å². The molecule has 0 aromatic heterocycles. The number of urea groups is 1. The van der Waals surface area contributed by atoms with Gasteiger partial charge in [-0.15, -0.1) is 0 Å². The number of hydrogen-bond acceptors (Lipinski definition) is 4. The number of nitrogens with one attached hydrogen (secondary N) is 1. The van der Waals surface area contributed by atoms with E-state index >= 15 is 0 Å². The van der Waals surface area contributed by atoms with Crippen molar-refractivity contribution in [3.63, 3.8) is 0 Å². The Morgan fingerprint density at radius 2 is 2.00 bits per heavy atom. The summed E-state index contributed by atoms with van der Waals surface area (Å²) in [5.74, 6) is -0.658. The monoisotopic (exact) mass is 268 g/mol. The first kappa shape index (κ1) is 12.0. The Bertz CT molecular complexity index is 433. The Morgan fingerprint density at radius 3 is 2.61 bits per heavy atom. The van der Waals surface area contributed by atoms with Crippen molar-refractivity contribution in [3.8, 4) is 0 Å². The smallest absolute Gasteiger partial charge is 0.277 e. The van der Waals surface area contributed by atoms with Gasteiger partial charge in [-0.2, -0.15) is 11.8 Å². The van der Waals surface area contributed by atoms with E-state index in [1.54, 1.807) is 11.8 Å². The Hall–Kier alpha value is -1.04. The number of carbonyl (C=O) groups excluding carboxylic acids is 3. The van der Waals surface area contributed by atoms with Gasteiger partial charge in [0.25, 0.3) is 0 Å². The van der Waals surface area contributed by atoms with Gasteiger partial charge in [0, 0.05) is 5.25 Å². The van der Waals surface area contributed by atoms with Crippen LogP contribution in [0.1, 0.15) is 32.1 Å². The van der Waals surface area contributed by atoms with Gasteiger partial charge >= 0.3 is 6.03 Å². The average molecular weight is 268 g/mol. The molecule has 1 aliphatic heterocycles. The molecule has 1 saturated heterocycles. The number of carbonyl (C=O) groups is 3. The number of amides is 4. The van der Waals surface area contributed by atoms with Crippen molar-refractivity contribution in [1.29, 1.82) is 0 Å². The van der Waals surface area contributed by atoms with Crippen molar-refractivity contribution in [2.75, 3.05) is 6.26 Å². The summed E-state index contributed by atoms with van der Waals surface area (Å²) >= 11 is 1.70. The molecule has 3 fully saturated rings. The largest absolute Gasteiger partial charge is 0.331 e. The zero-order valence-corrected chi connectivity index (χ0v) is 11.1. The zero-order valence-electron chi connectivity index (χ0n) is 10.3. The second-order valence-electron chi connectivity index (χ2n) is 5.29. The number of nitrogens with zero attached hydrogens (tertiary/aromatic N) is 1. The Labute approximate surface area is 110 Å². The topological polar surface area (TPSA) is 66.5 Å². The molecule has 0 radical (unpaired) electrons. The summed E-state index contributed by atoms with van der Waals surface area (Å²) in [4.78, 5) is 37.4. The summed E-state index contributed by atoms with van der Waals surface area (Å²) in [6, 6.07) is -0.563. The van der Waals surface area contributed by atoms with E-state index in [1.807, 2.05) is 6.26 Å². The minimum Gasteiger partial charge on any atom is -0.277 e. The zero-order chi connectivity index (χ0) is 12.9. The van der Waals surface area contributed by atoms with Gasteiger partial charge in [-0.25, -0.2) is 4.79 Å². The van der Waals surface area contributed by atoms with E-state index in [-0.39, 0.29) is 11.9 Å². The molecule has 1 heterocycles. The van der Waals surface area contributed by atoms with E-state index in [4.69, 9.17) is 0 Å². The third-order valence-corrected chi connectivity index (χ3v) is 5.46. The molecular weight excluding hydrogens is 252 g/mol. The summed E-state index contributed by atoms with van der Waals surface area (Å²) in [5.41, 5.74) is -0.903. The van der Waals surface area contributed by atoms with Crippen LogP contribution < -0.4 is 5.32 Å². The first-order valence-corrected chi connectivity index (χ1v) is 7.61. The molecule has 6 heteroatoms. The summed E-state index contributed by atoms with van der Waals surface area (Å²) in [5, 5.41) is 2.66. The molecule has 2 unspecified atom stereocenters. The lowest BCUT2D eigenvalue weighted by Gasteiger charge is -2.36. The number of thioether (sulfide) groups is 1. The lowest BCUT2D eigenvalue weighted by atomic mass is 10.00. The van der Waals surface area contributed by atoms with E-state index in [2.05, 4.69) is 5.32 Å². The normalized spacial score (nSPS) is 34.1. The molecule has 2 aliphatic carbocycles. The van der Waals surface area contributed by atoms with Crippen LogP contribution in [0.5, 0.6) is 0 Å². The molecule has 98 valence electrons. The second-order valence-corrected chi connectivity index (χ2v) is 6.37. The van der Waals surface area contributed by atoms with Gasteiger partial charge in [0.15, 0.2) is 0 Å². The van der Waals surface area contributed by atoms with Crippen LogP contribution in [-0.4, -0.2) is 40.3 Å². The van der Waals surface area contributed by atoms with Gasteiger partial charge in [0.05, 0.1) is 6.04 Å². The third-order valence-electron chi connectivity index (χ3n) is 4.30. The maximum atomic E-state index is 12.4. The molecule has 3 aliphatic rings. The van der Waals surface area contributed by atoms with E-state index in [9.17, 15) is 14.4 Å². The summed E-state index contributed by atoms with van der Waals surface area (Å²) < 4.78 is 0. The number of barbiturate groups is 1. The molecule has 5 nitrogen and oxygen atoms in total.